The number of H-pyrrole nitrogens is 1. The number of phenols is 1. The number of nitrogens with zero attached hydrogens (tertiary/aromatic N) is 1. The fourth-order valence-corrected chi connectivity index (χ4v) is 2.72. The van der Waals surface area contributed by atoms with E-state index in [2.05, 4.69) is 23.8 Å². The quantitative estimate of drug-likeness (QED) is 0.643. The second-order valence-corrected chi connectivity index (χ2v) is 6.16. The first-order chi connectivity index (χ1) is 11.1. The molecule has 2 aromatic carbocycles. The van der Waals surface area contributed by atoms with Crippen molar-refractivity contribution in [2.24, 2.45) is 0 Å². The first-order valence-corrected chi connectivity index (χ1v) is 7.95. The number of rotatable bonds is 3. The highest BCUT2D eigenvalue weighted by Gasteiger charge is 2.13. The SMILES string of the molecule is CC(C)c1ccc(-c2[nH]c(=S)ncc2-c2ccccc2)c(O)c1. The molecule has 0 fully saturated rings. The summed E-state index contributed by atoms with van der Waals surface area (Å²) in [4.78, 5) is 7.32. The minimum absolute atomic E-state index is 0.241. The van der Waals surface area contributed by atoms with E-state index in [0.717, 1.165) is 27.9 Å². The Kier molecular flexibility index (Phi) is 4.26. The van der Waals surface area contributed by atoms with Crippen molar-refractivity contribution in [2.75, 3.05) is 0 Å². The fraction of sp³-hybridized carbons (Fsp3) is 0.158. The van der Waals surface area contributed by atoms with Crippen molar-refractivity contribution < 1.29 is 5.11 Å². The summed E-state index contributed by atoms with van der Waals surface area (Å²) in [5.74, 6) is 0.602. The molecule has 1 aromatic heterocycles. The van der Waals surface area contributed by atoms with Gasteiger partial charge in [0, 0.05) is 17.3 Å². The van der Waals surface area contributed by atoms with Crippen LogP contribution in [0.2, 0.25) is 0 Å². The van der Waals surface area contributed by atoms with Crippen LogP contribution in [0.4, 0.5) is 0 Å². The zero-order valence-corrected chi connectivity index (χ0v) is 13.9. The highest BCUT2D eigenvalue weighted by Crippen LogP contribution is 2.36. The zero-order valence-electron chi connectivity index (χ0n) is 13.1. The number of aromatic nitrogens is 2. The van der Waals surface area contributed by atoms with Crippen LogP contribution in [0.1, 0.15) is 25.3 Å². The molecule has 3 aromatic rings. The number of hydrogen-bond donors (Lipinski definition) is 2. The van der Waals surface area contributed by atoms with E-state index in [1.54, 1.807) is 6.20 Å². The summed E-state index contributed by atoms with van der Waals surface area (Å²) in [5.41, 5.74) is 4.53. The average Bonchev–Trinajstić information content (AvgIpc) is 2.55. The Hall–Kier alpha value is -2.46. The van der Waals surface area contributed by atoms with Crippen molar-refractivity contribution in [1.82, 2.24) is 9.97 Å². The van der Waals surface area contributed by atoms with Gasteiger partial charge in [0.2, 0.25) is 0 Å². The van der Waals surface area contributed by atoms with Gasteiger partial charge in [-0.2, -0.15) is 0 Å². The van der Waals surface area contributed by atoms with Gasteiger partial charge >= 0.3 is 0 Å². The Morgan fingerprint density at radius 2 is 1.78 bits per heavy atom. The molecule has 23 heavy (non-hydrogen) atoms. The topological polar surface area (TPSA) is 48.9 Å². The molecule has 0 aliphatic heterocycles. The summed E-state index contributed by atoms with van der Waals surface area (Å²) in [6, 6.07) is 15.7. The summed E-state index contributed by atoms with van der Waals surface area (Å²) >= 11 is 5.17. The Labute approximate surface area is 140 Å². The van der Waals surface area contributed by atoms with Crippen molar-refractivity contribution in [3.05, 3.63) is 65.1 Å². The molecule has 0 atom stereocenters. The first kappa shape index (κ1) is 15.4. The van der Waals surface area contributed by atoms with Crippen LogP contribution < -0.4 is 0 Å². The number of benzene rings is 2. The van der Waals surface area contributed by atoms with Gasteiger partial charge in [-0.1, -0.05) is 50.2 Å². The summed E-state index contributed by atoms with van der Waals surface area (Å²) in [6.45, 7) is 4.20. The number of hydrogen-bond acceptors (Lipinski definition) is 3. The van der Waals surface area contributed by atoms with Crippen molar-refractivity contribution in [3.63, 3.8) is 0 Å². The molecule has 2 N–H and O–H groups in total. The summed E-state index contributed by atoms with van der Waals surface area (Å²) in [5, 5.41) is 10.5. The highest BCUT2D eigenvalue weighted by atomic mass is 32.1. The van der Waals surface area contributed by atoms with Crippen LogP contribution in [-0.2, 0) is 0 Å². The normalized spacial score (nSPS) is 10.9. The van der Waals surface area contributed by atoms with E-state index >= 15 is 0 Å². The minimum atomic E-state index is 0.241. The third kappa shape index (κ3) is 3.17. The van der Waals surface area contributed by atoms with Crippen LogP contribution in [-0.4, -0.2) is 15.1 Å². The van der Waals surface area contributed by atoms with E-state index in [4.69, 9.17) is 12.2 Å². The Morgan fingerprint density at radius 1 is 1.04 bits per heavy atom. The van der Waals surface area contributed by atoms with E-state index in [9.17, 15) is 5.11 Å². The second-order valence-electron chi connectivity index (χ2n) is 5.77. The highest BCUT2D eigenvalue weighted by molar-refractivity contribution is 7.71. The van der Waals surface area contributed by atoms with Crippen LogP contribution in [0, 0.1) is 4.77 Å². The van der Waals surface area contributed by atoms with Gasteiger partial charge in [-0.25, -0.2) is 4.98 Å². The van der Waals surface area contributed by atoms with E-state index in [0.29, 0.717) is 10.7 Å². The van der Waals surface area contributed by atoms with Gasteiger partial charge < -0.3 is 10.1 Å². The van der Waals surface area contributed by atoms with Crippen LogP contribution in [0.5, 0.6) is 5.75 Å². The standard InChI is InChI=1S/C19H18N2OS/c1-12(2)14-8-9-15(17(22)10-14)18-16(11-20-19(23)21-18)13-6-4-3-5-7-13/h3-12,22H,1-2H3,(H,20,21,23). The van der Waals surface area contributed by atoms with Gasteiger partial charge in [0.25, 0.3) is 0 Å². The number of aromatic amines is 1. The molecule has 0 radical (unpaired) electrons. The van der Waals surface area contributed by atoms with Gasteiger partial charge in [-0.3, -0.25) is 0 Å². The molecule has 3 nitrogen and oxygen atoms in total. The summed E-state index contributed by atoms with van der Waals surface area (Å²) < 4.78 is 0.395. The first-order valence-electron chi connectivity index (χ1n) is 7.54. The predicted octanol–water partition coefficient (Wildman–Crippen LogP) is 5.30. The lowest BCUT2D eigenvalue weighted by molar-refractivity contribution is 0.476. The molecule has 0 bridgehead atoms. The average molecular weight is 322 g/mol. The van der Waals surface area contributed by atoms with Crippen molar-refractivity contribution in [3.8, 4) is 28.1 Å². The molecule has 3 rings (SSSR count). The minimum Gasteiger partial charge on any atom is -0.507 e. The number of phenolic OH excluding ortho intramolecular Hbond substituents is 1. The zero-order chi connectivity index (χ0) is 16.4. The summed E-state index contributed by atoms with van der Waals surface area (Å²) in [6.07, 6.45) is 1.75. The van der Waals surface area contributed by atoms with Gasteiger partial charge in [-0.05, 0) is 41.4 Å². The van der Waals surface area contributed by atoms with Crippen LogP contribution in [0.15, 0.2) is 54.7 Å². The lowest BCUT2D eigenvalue weighted by Crippen LogP contribution is -1.94. The van der Waals surface area contributed by atoms with E-state index in [1.807, 2.05) is 48.5 Å². The van der Waals surface area contributed by atoms with Crippen LogP contribution >= 0.6 is 12.2 Å². The molecule has 0 unspecified atom stereocenters. The molecule has 0 saturated carbocycles. The lowest BCUT2D eigenvalue weighted by atomic mass is 9.96. The molecular formula is C19H18N2OS. The van der Waals surface area contributed by atoms with Crippen molar-refractivity contribution in [2.45, 2.75) is 19.8 Å². The van der Waals surface area contributed by atoms with Gasteiger partial charge in [0.05, 0.1) is 5.69 Å². The lowest BCUT2D eigenvalue weighted by Gasteiger charge is -2.13. The Balaban J connectivity index is 2.20. The molecule has 1 heterocycles. The third-order valence-electron chi connectivity index (χ3n) is 3.85. The summed E-state index contributed by atoms with van der Waals surface area (Å²) in [7, 11) is 0. The maximum atomic E-state index is 10.5. The van der Waals surface area contributed by atoms with E-state index < -0.39 is 0 Å². The van der Waals surface area contributed by atoms with E-state index in [-0.39, 0.29) is 5.75 Å². The second kappa shape index (κ2) is 6.34. The van der Waals surface area contributed by atoms with Crippen LogP contribution in [0.3, 0.4) is 0 Å². The molecule has 116 valence electrons. The van der Waals surface area contributed by atoms with E-state index in [1.165, 1.54) is 0 Å². The maximum Gasteiger partial charge on any atom is 0.197 e. The van der Waals surface area contributed by atoms with Gasteiger partial charge in [0.15, 0.2) is 4.77 Å². The fourth-order valence-electron chi connectivity index (χ4n) is 2.56. The van der Waals surface area contributed by atoms with Crippen LogP contribution in [0.25, 0.3) is 22.4 Å². The molecule has 0 amide bonds. The largest absolute Gasteiger partial charge is 0.507 e. The Bertz CT molecular complexity index is 885. The molecule has 0 aliphatic carbocycles. The van der Waals surface area contributed by atoms with Crippen molar-refractivity contribution >= 4 is 12.2 Å². The molecule has 0 spiro atoms. The third-order valence-corrected chi connectivity index (χ3v) is 4.06. The predicted molar refractivity (Wildman–Crippen MR) is 96.0 cm³/mol. The number of nitrogens with one attached hydrogen (secondary N) is 1. The monoisotopic (exact) mass is 322 g/mol. The molecule has 0 aliphatic rings. The van der Waals surface area contributed by atoms with Gasteiger partial charge in [0.1, 0.15) is 5.75 Å². The Morgan fingerprint density at radius 3 is 2.43 bits per heavy atom. The molecule has 4 heteroatoms. The van der Waals surface area contributed by atoms with Crippen molar-refractivity contribution in [1.29, 1.82) is 0 Å². The molecule has 0 saturated heterocycles. The van der Waals surface area contributed by atoms with Gasteiger partial charge in [-0.15, -0.1) is 0 Å². The number of aromatic hydroxyl groups is 1. The molecular weight excluding hydrogens is 304 g/mol. The smallest absolute Gasteiger partial charge is 0.197 e. The maximum absolute atomic E-state index is 10.5.